The van der Waals surface area contributed by atoms with Crippen LogP contribution in [0.4, 0.5) is 0 Å². The molecule has 7 heteroatoms. The van der Waals surface area contributed by atoms with Crippen molar-refractivity contribution in [1.82, 2.24) is 24.6 Å². The van der Waals surface area contributed by atoms with Gasteiger partial charge >= 0.3 is 0 Å². The summed E-state index contributed by atoms with van der Waals surface area (Å²) in [5.41, 5.74) is 6.02. The third-order valence-corrected chi connectivity index (χ3v) is 4.08. The third-order valence-electron chi connectivity index (χ3n) is 4.08. The molecule has 0 bridgehead atoms. The molecule has 2 N–H and O–H groups in total. The minimum absolute atomic E-state index is 0.0478. The van der Waals surface area contributed by atoms with Crippen molar-refractivity contribution in [2.24, 2.45) is 5.73 Å². The van der Waals surface area contributed by atoms with Crippen molar-refractivity contribution < 1.29 is 4.79 Å². The summed E-state index contributed by atoms with van der Waals surface area (Å²) in [5.74, 6) is 0.895. The molecule has 0 saturated carbocycles. The summed E-state index contributed by atoms with van der Waals surface area (Å²) in [6, 6.07) is 3.79. The Morgan fingerprint density at radius 1 is 1.50 bits per heavy atom. The van der Waals surface area contributed by atoms with Crippen molar-refractivity contribution >= 4 is 5.91 Å². The standard InChI is InChI=1S/C15H20N6O/c1-15(5-7-20(2)10-15)14-18-13(8-12(16)22)19-21(14)11-4-3-6-17-9-11/h3-4,6,9H,5,7-8,10H2,1-2H3,(H2,16,22). The number of rotatable bonds is 4. The van der Waals surface area contributed by atoms with Crippen molar-refractivity contribution in [3.8, 4) is 5.69 Å². The number of likely N-dealkylation sites (tertiary alicyclic amines) is 1. The van der Waals surface area contributed by atoms with E-state index in [0.717, 1.165) is 31.0 Å². The molecule has 7 nitrogen and oxygen atoms in total. The van der Waals surface area contributed by atoms with Crippen molar-refractivity contribution in [3.63, 3.8) is 0 Å². The Kier molecular flexibility index (Phi) is 3.66. The minimum atomic E-state index is -0.427. The van der Waals surface area contributed by atoms with Gasteiger partial charge in [-0.1, -0.05) is 6.92 Å². The van der Waals surface area contributed by atoms with E-state index >= 15 is 0 Å². The van der Waals surface area contributed by atoms with E-state index in [9.17, 15) is 4.79 Å². The number of nitrogens with zero attached hydrogens (tertiary/aromatic N) is 5. The van der Waals surface area contributed by atoms with Gasteiger partial charge in [0.15, 0.2) is 5.82 Å². The van der Waals surface area contributed by atoms with Crippen LogP contribution in [0.15, 0.2) is 24.5 Å². The molecule has 3 rings (SSSR count). The highest BCUT2D eigenvalue weighted by Gasteiger charge is 2.38. The minimum Gasteiger partial charge on any atom is -0.369 e. The fraction of sp³-hybridized carbons (Fsp3) is 0.467. The van der Waals surface area contributed by atoms with Crippen LogP contribution in [0.2, 0.25) is 0 Å². The fourth-order valence-electron chi connectivity index (χ4n) is 3.01. The van der Waals surface area contributed by atoms with Gasteiger partial charge in [-0.15, -0.1) is 0 Å². The molecule has 1 saturated heterocycles. The van der Waals surface area contributed by atoms with Gasteiger partial charge in [0.1, 0.15) is 5.82 Å². The SMILES string of the molecule is CN1CCC(C)(c2nc(CC(N)=O)nn2-c2cccnc2)C1. The largest absolute Gasteiger partial charge is 0.369 e. The van der Waals surface area contributed by atoms with Crippen molar-refractivity contribution in [1.29, 1.82) is 0 Å². The van der Waals surface area contributed by atoms with Crippen LogP contribution in [0.1, 0.15) is 25.0 Å². The van der Waals surface area contributed by atoms with Crippen LogP contribution in [0.25, 0.3) is 5.69 Å². The molecule has 0 radical (unpaired) electrons. The molecule has 2 aromatic rings. The molecule has 2 aromatic heterocycles. The van der Waals surface area contributed by atoms with Gasteiger partial charge in [0.25, 0.3) is 0 Å². The predicted octanol–water partition coefficient (Wildman–Crippen LogP) is 0.283. The van der Waals surface area contributed by atoms with Gasteiger partial charge in [-0.2, -0.15) is 5.10 Å². The molecule has 3 heterocycles. The van der Waals surface area contributed by atoms with E-state index in [-0.39, 0.29) is 11.8 Å². The second-order valence-electron chi connectivity index (χ2n) is 6.17. The summed E-state index contributed by atoms with van der Waals surface area (Å²) in [6.07, 6.45) is 4.51. The smallest absolute Gasteiger partial charge is 0.225 e. The van der Waals surface area contributed by atoms with Crippen LogP contribution in [0.5, 0.6) is 0 Å². The highest BCUT2D eigenvalue weighted by molar-refractivity contribution is 5.75. The first-order valence-electron chi connectivity index (χ1n) is 7.32. The quantitative estimate of drug-likeness (QED) is 0.876. The Hall–Kier alpha value is -2.28. The predicted molar refractivity (Wildman–Crippen MR) is 81.5 cm³/mol. The zero-order valence-electron chi connectivity index (χ0n) is 12.9. The zero-order valence-corrected chi connectivity index (χ0v) is 12.9. The van der Waals surface area contributed by atoms with E-state index in [4.69, 9.17) is 5.73 Å². The lowest BCUT2D eigenvalue weighted by Crippen LogP contribution is -2.29. The number of hydrogen-bond acceptors (Lipinski definition) is 5. The zero-order chi connectivity index (χ0) is 15.7. The summed E-state index contributed by atoms with van der Waals surface area (Å²) in [6.45, 7) is 4.10. The van der Waals surface area contributed by atoms with Crippen LogP contribution in [-0.2, 0) is 16.6 Å². The second kappa shape index (κ2) is 5.49. The van der Waals surface area contributed by atoms with Gasteiger partial charge < -0.3 is 10.6 Å². The van der Waals surface area contributed by atoms with Crippen molar-refractivity contribution in [2.75, 3.05) is 20.1 Å². The number of carbonyl (C=O) groups excluding carboxylic acids is 1. The molecule has 1 fully saturated rings. The van der Waals surface area contributed by atoms with Gasteiger partial charge in [0.2, 0.25) is 5.91 Å². The molecule has 1 unspecified atom stereocenters. The number of aromatic nitrogens is 4. The topological polar surface area (TPSA) is 89.9 Å². The second-order valence-corrected chi connectivity index (χ2v) is 6.17. The third kappa shape index (κ3) is 2.71. The Morgan fingerprint density at radius 2 is 2.32 bits per heavy atom. The van der Waals surface area contributed by atoms with Gasteiger partial charge in [-0.05, 0) is 32.1 Å². The maximum atomic E-state index is 11.2. The Balaban J connectivity index is 2.07. The lowest BCUT2D eigenvalue weighted by Gasteiger charge is -2.23. The van der Waals surface area contributed by atoms with Crippen molar-refractivity contribution in [2.45, 2.75) is 25.2 Å². The first-order chi connectivity index (χ1) is 10.5. The molecule has 22 heavy (non-hydrogen) atoms. The normalized spacial score (nSPS) is 22.1. The number of likely N-dealkylation sites (N-methyl/N-ethyl adjacent to an activating group) is 1. The van der Waals surface area contributed by atoms with Crippen LogP contribution in [0, 0.1) is 0 Å². The molecular formula is C15H20N6O. The van der Waals surface area contributed by atoms with Crippen LogP contribution in [-0.4, -0.2) is 50.7 Å². The first-order valence-corrected chi connectivity index (χ1v) is 7.32. The summed E-state index contributed by atoms with van der Waals surface area (Å²) in [5, 5.41) is 4.48. The van der Waals surface area contributed by atoms with E-state index in [0.29, 0.717) is 5.82 Å². The van der Waals surface area contributed by atoms with E-state index in [2.05, 4.69) is 33.9 Å². The summed E-state index contributed by atoms with van der Waals surface area (Å²) < 4.78 is 1.80. The van der Waals surface area contributed by atoms with E-state index in [1.54, 1.807) is 17.1 Å². The molecule has 0 aromatic carbocycles. The maximum absolute atomic E-state index is 11.2. The molecule has 116 valence electrons. The number of amides is 1. The highest BCUT2D eigenvalue weighted by atomic mass is 16.1. The van der Waals surface area contributed by atoms with Gasteiger partial charge in [0, 0.05) is 18.2 Å². The number of carbonyl (C=O) groups is 1. The maximum Gasteiger partial charge on any atom is 0.225 e. The fourth-order valence-corrected chi connectivity index (χ4v) is 3.01. The molecular weight excluding hydrogens is 280 g/mol. The molecule has 1 amide bonds. The molecule has 0 spiro atoms. The number of hydrogen-bond donors (Lipinski definition) is 1. The molecule has 1 atom stereocenters. The number of primary amides is 1. The lowest BCUT2D eigenvalue weighted by atomic mass is 9.88. The monoisotopic (exact) mass is 300 g/mol. The summed E-state index contributed by atoms with van der Waals surface area (Å²) >= 11 is 0. The molecule has 1 aliphatic rings. The lowest BCUT2D eigenvalue weighted by molar-refractivity contribution is -0.117. The van der Waals surface area contributed by atoms with Gasteiger partial charge in [-0.3, -0.25) is 9.78 Å². The first kappa shape index (κ1) is 14.6. The van der Waals surface area contributed by atoms with Crippen LogP contribution >= 0.6 is 0 Å². The van der Waals surface area contributed by atoms with Crippen LogP contribution < -0.4 is 5.73 Å². The Labute approximate surface area is 129 Å². The summed E-state index contributed by atoms with van der Waals surface area (Å²) in [7, 11) is 2.10. The Morgan fingerprint density at radius 3 is 2.91 bits per heavy atom. The average Bonchev–Trinajstić information content (AvgIpc) is 3.04. The number of pyridine rings is 1. The van der Waals surface area contributed by atoms with Gasteiger partial charge in [-0.25, -0.2) is 9.67 Å². The number of nitrogens with two attached hydrogens (primary N) is 1. The van der Waals surface area contributed by atoms with E-state index in [1.165, 1.54) is 0 Å². The van der Waals surface area contributed by atoms with E-state index < -0.39 is 5.91 Å². The average molecular weight is 300 g/mol. The van der Waals surface area contributed by atoms with Crippen LogP contribution in [0.3, 0.4) is 0 Å². The van der Waals surface area contributed by atoms with Gasteiger partial charge in [0.05, 0.1) is 18.3 Å². The Bertz CT molecular complexity index is 683. The van der Waals surface area contributed by atoms with Crippen molar-refractivity contribution in [3.05, 3.63) is 36.2 Å². The van der Waals surface area contributed by atoms with E-state index in [1.807, 2.05) is 12.1 Å². The molecule has 0 aliphatic carbocycles. The molecule has 1 aliphatic heterocycles. The highest BCUT2D eigenvalue weighted by Crippen LogP contribution is 2.33. The summed E-state index contributed by atoms with van der Waals surface area (Å²) in [4.78, 5) is 22.2.